The van der Waals surface area contributed by atoms with Crippen molar-refractivity contribution >= 4 is 33.2 Å². The van der Waals surface area contributed by atoms with Crippen LogP contribution in [0.4, 0.5) is 5.69 Å². The highest BCUT2D eigenvalue weighted by Gasteiger charge is 2.28. The number of hydrogen-bond acceptors (Lipinski definition) is 3. The molecule has 4 aromatic carbocycles. The van der Waals surface area contributed by atoms with Gasteiger partial charge in [-0.25, -0.2) is 8.42 Å². The van der Waals surface area contributed by atoms with E-state index in [1.165, 1.54) is 4.31 Å². The highest BCUT2D eigenvalue weighted by atomic mass is 35.5. The van der Waals surface area contributed by atoms with E-state index in [4.69, 9.17) is 11.6 Å². The minimum absolute atomic E-state index is 0.0398. The topological polar surface area (TPSA) is 66.5 Å². The number of nitrogens with zero attached hydrogens (tertiary/aromatic N) is 1. The molecule has 0 bridgehead atoms. The number of amides is 1. The second-order valence-electron chi connectivity index (χ2n) is 8.99. The van der Waals surface area contributed by atoms with Gasteiger partial charge in [-0.1, -0.05) is 90.8 Å². The number of carbonyl (C=O) groups is 1. The minimum atomic E-state index is -3.99. The fourth-order valence-electron chi connectivity index (χ4n) is 4.02. The fourth-order valence-corrected chi connectivity index (χ4v) is 5.61. The number of hydrogen-bond donors (Lipinski definition) is 1. The number of rotatable bonds is 9. The number of halogens is 1. The van der Waals surface area contributed by atoms with Gasteiger partial charge in [0.2, 0.25) is 0 Å². The van der Waals surface area contributed by atoms with E-state index in [-0.39, 0.29) is 28.8 Å². The average Bonchev–Trinajstić information content (AvgIpc) is 2.92. The molecule has 0 saturated heterocycles. The molecule has 0 saturated carbocycles. The molecule has 0 heterocycles. The van der Waals surface area contributed by atoms with Crippen molar-refractivity contribution in [3.8, 4) is 0 Å². The maximum atomic E-state index is 13.9. The lowest BCUT2D eigenvalue weighted by Gasteiger charge is -2.27. The molecule has 0 spiro atoms. The number of sulfonamides is 1. The number of carbonyl (C=O) groups excluding carboxylic acids is 1. The predicted octanol–water partition coefficient (Wildman–Crippen LogP) is 6.58. The summed E-state index contributed by atoms with van der Waals surface area (Å²) in [5.74, 6) is -0.239. The highest BCUT2D eigenvalue weighted by Crippen LogP contribution is 2.30. The van der Waals surface area contributed by atoms with Crippen molar-refractivity contribution in [3.63, 3.8) is 0 Å². The van der Waals surface area contributed by atoms with E-state index < -0.39 is 10.0 Å². The molecule has 4 aromatic rings. The second kappa shape index (κ2) is 11.6. The maximum absolute atomic E-state index is 13.9. The van der Waals surface area contributed by atoms with Gasteiger partial charge in [0.05, 0.1) is 22.7 Å². The van der Waals surface area contributed by atoms with E-state index >= 15 is 0 Å². The van der Waals surface area contributed by atoms with Crippen LogP contribution >= 0.6 is 11.6 Å². The third-order valence-electron chi connectivity index (χ3n) is 6.20. The first-order valence-electron chi connectivity index (χ1n) is 12.0. The lowest BCUT2D eigenvalue weighted by atomic mass is 10.0. The van der Waals surface area contributed by atoms with Gasteiger partial charge in [-0.2, -0.15) is 0 Å². The summed E-state index contributed by atoms with van der Waals surface area (Å²) in [7, 11) is -3.99. The van der Waals surface area contributed by atoms with Crippen LogP contribution in [-0.4, -0.2) is 20.9 Å². The zero-order chi connectivity index (χ0) is 26.4. The molecule has 0 unspecified atom stereocenters. The molecule has 0 radical (unpaired) electrons. The van der Waals surface area contributed by atoms with Crippen molar-refractivity contribution in [2.24, 2.45) is 0 Å². The smallest absolute Gasteiger partial charge is 0.264 e. The van der Waals surface area contributed by atoms with E-state index in [2.05, 4.69) is 5.32 Å². The Hall–Kier alpha value is -3.61. The molecular weight excluding hydrogens is 504 g/mol. The summed E-state index contributed by atoms with van der Waals surface area (Å²) >= 11 is 6.05. The van der Waals surface area contributed by atoms with Crippen LogP contribution < -0.4 is 9.62 Å². The molecule has 190 valence electrons. The summed E-state index contributed by atoms with van der Waals surface area (Å²) < 4.78 is 29.1. The normalized spacial score (nSPS) is 12.1. The Morgan fingerprint density at radius 1 is 0.865 bits per heavy atom. The van der Waals surface area contributed by atoms with Crippen LogP contribution in [0.1, 0.15) is 39.9 Å². The van der Waals surface area contributed by atoms with Crippen molar-refractivity contribution < 1.29 is 13.2 Å². The first-order chi connectivity index (χ1) is 17.8. The molecule has 1 amide bonds. The van der Waals surface area contributed by atoms with E-state index in [0.717, 1.165) is 16.7 Å². The summed E-state index contributed by atoms with van der Waals surface area (Å²) in [4.78, 5) is 13.5. The average molecular weight is 533 g/mol. The lowest BCUT2D eigenvalue weighted by Crippen LogP contribution is -2.34. The summed E-state index contributed by atoms with van der Waals surface area (Å²) in [6.45, 7) is 4.39. The van der Waals surface area contributed by atoms with E-state index in [1.54, 1.807) is 72.8 Å². The SMILES string of the molecule is Cc1ccc(S(=O)(=O)N(Cc2ccc(Cl)cc2)c2ccccc2C(=O)NC[C@H](C)c2ccccc2)cc1. The van der Waals surface area contributed by atoms with Gasteiger partial charge in [-0.05, 0) is 60.4 Å². The van der Waals surface area contributed by atoms with Crippen molar-refractivity contribution in [2.75, 3.05) is 10.8 Å². The van der Waals surface area contributed by atoms with Crippen molar-refractivity contribution in [1.29, 1.82) is 0 Å². The molecule has 7 heteroatoms. The van der Waals surface area contributed by atoms with Gasteiger partial charge in [0, 0.05) is 11.6 Å². The third-order valence-corrected chi connectivity index (χ3v) is 8.23. The van der Waals surface area contributed by atoms with Crippen LogP contribution in [0.25, 0.3) is 0 Å². The van der Waals surface area contributed by atoms with E-state index in [1.807, 2.05) is 44.2 Å². The van der Waals surface area contributed by atoms with E-state index in [0.29, 0.717) is 17.3 Å². The largest absolute Gasteiger partial charge is 0.351 e. The van der Waals surface area contributed by atoms with Crippen LogP contribution in [0.2, 0.25) is 5.02 Å². The van der Waals surface area contributed by atoms with Gasteiger partial charge in [0.25, 0.3) is 15.9 Å². The maximum Gasteiger partial charge on any atom is 0.264 e. The molecule has 5 nitrogen and oxygen atoms in total. The Morgan fingerprint density at radius 2 is 1.49 bits per heavy atom. The minimum Gasteiger partial charge on any atom is -0.351 e. The van der Waals surface area contributed by atoms with Crippen LogP contribution in [0, 0.1) is 6.92 Å². The number of para-hydroxylation sites is 1. The molecule has 0 aromatic heterocycles. The quantitative estimate of drug-likeness (QED) is 0.265. The van der Waals surface area contributed by atoms with Gasteiger partial charge < -0.3 is 5.32 Å². The Labute approximate surface area is 223 Å². The number of benzene rings is 4. The first-order valence-corrected chi connectivity index (χ1v) is 13.8. The molecule has 0 aliphatic heterocycles. The standard InChI is InChI=1S/C30H29ClN2O3S/c1-22-12-18-27(19-13-22)37(35,36)33(21-24-14-16-26(31)17-15-24)29-11-7-6-10-28(29)30(34)32-20-23(2)25-8-4-3-5-9-25/h3-19,23H,20-21H2,1-2H3,(H,32,34)/t23-/m0/s1. The number of nitrogens with one attached hydrogen (secondary N) is 1. The van der Waals surface area contributed by atoms with Gasteiger partial charge >= 0.3 is 0 Å². The summed E-state index contributed by atoms with van der Waals surface area (Å²) in [6.07, 6.45) is 0. The molecule has 4 rings (SSSR count). The van der Waals surface area contributed by atoms with Crippen LogP contribution in [0.5, 0.6) is 0 Å². The summed E-state index contributed by atoms with van der Waals surface area (Å²) in [5.41, 5.74) is 3.40. The molecule has 0 aliphatic rings. The monoisotopic (exact) mass is 532 g/mol. The molecule has 0 aliphatic carbocycles. The Balaban J connectivity index is 1.69. The van der Waals surface area contributed by atoms with Crippen LogP contribution in [0.3, 0.4) is 0 Å². The Bertz CT molecular complexity index is 1460. The highest BCUT2D eigenvalue weighted by molar-refractivity contribution is 7.92. The van der Waals surface area contributed by atoms with Gasteiger partial charge in [-0.15, -0.1) is 0 Å². The number of aryl methyl sites for hydroxylation is 1. The van der Waals surface area contributed by atoms with Crippen LogP contribution in [0.15, 0.2) is 108 Å². The first kappa shape index (κ1) is 26.5. The zero-order valence-electron chi connectivity index (χ0n) is 20.8. The fraction of sp³-hybridized carbons (Fsp3) is 0.167. The van der Waals surface area contributed by atoms with Crippen LogP contribution in [-0.2, 0) is 16.6 Å². The van der Waals surface area contributed by atoms with Crippen molar-refractivity contribution in [3.05, 3.63) is 130 Å². The Morgan fingerprint density at radius 3 is 2.16 bits per heavy atom. The molecular formula is C30H29ClN2O3S. The summed E-state index contributed by atoms with van der Waals surface area (Å²) in [5, 5.41) is 3.54. The van der Waals surface area contributed by atoms with Gasteiger partial charge in [-0.3, -0.25) is 9.10 Å². The van der Waals surface area contributed by atoms with E-state index in [9.17, 15) is 13.2 Å². The van der Waals surface area contributed by atoms with Crippen molar-refractivity contribution in [2.45, 2.75) is 31.2 Å². The van der Waals surface area contributed by atoms with Gasteiger partial charge in [0.15, 0.2) is 0 Å². The lowest BCUT2D eigenvalue weighted by molar-refractivity contribution is 0.0952. The third kappa shape index (κ3) is 6.40. The second-order valence-corrected chi connectivity index (χ2v) is 11.3. The zero-order valence-corrected chi connectivity index (χ0v) is 22.3. The summed E-state index contributed by atoms with van der Waals surface area (Å²) in [6, 6.07) is 30.4. The molecule has 0 fully saturated rings. The molecule has 37 heavy (non-hydrogen) atoms. The predicted molar refractivity (Wildman–Crippen MR) is 150 cm³/mol. The molecule has 1 atom stereocenters. The Kier molecular flexibility index (Phi) is 8.31. The van der Waals surface area contributed by atoms with Crippen molar-refractivity contribution in [1.82, 2.24) is 5.32 Å². The van der Waals surface area contributed by atoms with Gasteiger partial charge in [0.1, 0.15) is 0 Å². The molecule has 1 N–H and O–H groups in total. The number of anilines is 1.